The second-order valence-corrected chi connectivity index (χ2v) is 6.49. The van der Waals surface area contributed by atoms with Crippen LogP contribution < -0.4 is 4.74 Å². The molecular formula is C15H16BrN3O3S. The average Bonchev–Trinajstić information content (AvgIpc) is 2.94. The van der Waals surface area contributed by atoms with Crippen molar-refractivity contribution in [2.24, 2.45) is 0 Å². The Labute approximate surface area is 146 Å². The fourth-order valence-electron chi connectivity index (χ4n) is 1.83. The molecule has 0 aliphatic rings. The summed E-state index contributed by atoms with van der Waals surface area (Å²) in [5, 5.41) is 16.6. The number of thioether (sulfide) groups is 1. The van der Waals surface area contributed by atoms with Gasteiger partial charge in [-0.1, -0.05) is 13.0 Å². The molecule has 2 aromatic rings. The zero-order chi connectivity index (χ0) is 16.8. The molecule has 0 bridgehead atoms. The minimum atomic E-state index is -1.02. The van der Waals surface area contributed by atoms with E-state index in [9.17, 15) is 9.90 Å². The van der Waals surface area contributed by atoms with Crippen molar-refractivity contribution in [3.8, 4) is 5.75 Å². The number of hydrogen-bond acceptors (Lipinski definition) is 5. The number of benzene rings is 1. The topological polar surface area (TPSA) is 88.1 Å². The van der Waals surface area contributed by atoms with E-state index in [4.69, 9.17) is 4.74 Å². The van der Waals surface area contributed by atoms with E-state index in [-0.39, 0.29) is 4.91 Å². The molecule has 23 heavy (non-hydrogen) atoms. The molecule has 0 atom stereocenters. The Morgan fingerprint density at radius 3 is 2.91 bits per heavy atom. The van der Waals surface area contributed by atoms with Crippen molar-refractivity contribution in [1.29, 1.82) is 0 Å². The molecule has 0 saturated heterocycles. The molecule has 1 aromatic carbocycles. The van der Waals surface area contributed by atoms with Crippen molar-refractivity contribution >= 4 is 39.7 Å². The zero-order valence-electron chi connectivity index (χ0n) is 12.7. The van der Waals surface area contributed by atoms with Crippen molar-refractivity contribution in [1.82, 2.24) is 15.2 Å². The second-order valence-electron chi connectivity index (χ2n) is 4.62. The van der Waals surface area contributed by atoms with Crippen LogP contribution in [-0.2, 0) is 11.2 Å². The fraction of sp³-hybridized carbons (Fsp3) is 0.267. The maximum Gasteiger partial charge on any atom is 0.342 e. The molecule has 0 amide bonds. The van der Waals surface area contributed by atoms with E-state index in [1.54, 1.807) is 31.4 Å². The van der Waals surface area contributed by atoms with Gasteiger partial charge in [-0.2, -0.15) is 0 Å². The largest absolute Gasteiger partial charge is 0.496 e. The van der Waals surface area contributed by atoms with Crippen LogP contribution in [0.3, 0.4) is 0 Å². The first-order chi connectivity index (χ1) is 11.0. The molecule has 0 aliphatic heterocycles. The summed E-state index contributed by atoms with van der Waals surface area (Å²) in [5.41, 5.74) is 0.742. The molecular weight excluding hydrogens is 382 g/mol. The van der Waals surface area contributed by atoms with Crippen LogP contribution in [0, 0.1) is 0 Å². The van der Waals surface area contributed by atoms with Gasteiger partial charge in [-0.15, -0.1) is 5.10 Å². The van der Waals surface area contributed by atoms with Crippen LogP contribution >= 0.6 is 27.7 Å². The number of halogens is 1. The highest BCUT2D eigenvalue weighted by Crippen LogP contribution is 2.29. The van der Waals surface area contributed by atoms with Gasteiger partial charge in [0.05, 0.1) is 11.6 Å². The lowest BCUT2D eigenvalue weighted by Crippen LogP contribution is -1.97. The first kappa shape index (κ1) is 17.6. The quantitative estimate of drug-likeness (QED) is 0.546. The highest BCUT2D eigenvalue weighted by molar-refractivity contribution is 9.10. The van der Waals surface area contributed by atoms with Gasteiger partial charge in [0, 0.05) is 6.42 Å². The minimum Gasteiger partial charge on any atom is -0.496 e. The SMILES string of the molecule is CCCc1nc(S/C(=C\c2ccc(OC)c(Br)c2)C(=O)O)n[nH]1. The number of nitrogens with zero attached hydrogens (tertiary/aromatic N) is 2. The summed E-state index contributed by atoms with van der Waals surface area (Å²) in [7, 11) is 1.57. The molecule has 122 valence electrons. The third-order valence-electron chi connectivity index (χ3n) is 2.88. The standard InChI is InChI=1S/C15H16BrN3O3S/c1-3-4-13-17-15(19-18-13)23-12(14(20)21)8-9-5-6-11(22-2)10(16)7-9/h5-8H,3-4H2,1-2H3,(H,20,21)(H,17,18,19)/b12-8-. The molecule has 8 heteroatoms. The molecule has 0 spiro atoms. The van der Waals surface area contributed by atoms with Crippen molar-refractivity contribution in [2.45, 2.75) is 24.9 Å². The third kappa shape index (κ3) is 4.84. The summed E-state index contributed by atoms with van der Waals surface area (Å²) in [5.74, 6) is 0.417. The number of aliphatic carboxylic acids is 1. The summed E-state index contributed by atoms with van der Waals surface area (Å²) >= 11 is 4.40. The summed E-state index contributed by atoms with van der Waals surface area (Å²) in [6.45, 7) is 2.04. The van der Waals surface area contributed by atoms with E-state index in [2.05, 4.69) is 31.1 Å². The van der Waals surface area contributed by atoms with Crippen LogP contribution in [0.15, 0.2) is 32.7 Å². The summed E-state index contributed by atoms with van der Waals surface area (Å²) in [6.07, 6.45) is 3.30. The Morgan fingerprint density at radius 2 is 2.30 bits per heavy atom. The lowest BCUT2D eigenvalue weighted by molar-refractivity contribution is -0.131. The van der Waals surface area contributed by atoms with Gasteiger partial charge >= 0.3 is 5.97 Å². The molecule has 6 nitrogen and oxygen atoms in total. The average molecular weight is 398 g/mol. The predicted octanol–water partition coefficient (Wildman–Crippen LogP) is 3.75. The smallest absolute Gasteiger partial charge is 0.342 e. The zero-order valence-corrected chi connectivity index (χ0v) is 15.1. The molecule has 0 saturated carbocycles. The van der Waals surface area contributed by atoms with E-state index < -0.39 is 5.97 Å². The maximum absolute atomic E-state index is 11.5. The predicted molar refractivity (Wildman–Crippen MR) is 92.5 cm³/mol. The Balaban J connectivity index is 2.23. The molecule has 0 unspecified atom stereocenters. The number of carboxylic acid groups (broad SMARTS) is 1. The van der Waals surface area contributed by atoms with Crippen LogP contribution in [-0.4, -0.2) is 33.4 Å². The molecule has 2 rings (SSSR count). The van der Waals surface area contributed by atoms with E-state index in [0.717, 1.165) is 40.5 Å². The number of aryl methyl sites for hydroxylation is 1. The number of carbonyl (C=O) groups is 1. The number of nitrogens with one attached hydrogen (secondary N) is 1. The Kier molecular flexibility index (Phi) is 6.23. The summed E-state index contributed by atoms with van der Waals surface area (Å²) in [4.78, 5) is 15.9. The number of aromatic amines is 1. The first-order valence-corrected chi connectivity index (χ1v) is 8.52. The molecule has 0 radical (unpaired) electrons. The Hall–Kier alpha value is -1.80. The van der Waals surface area contributed by atoms with Gasteiger partial charge in [-0.05, 0) is 57.9 Å². The molecule has 1 heterocycles. The summed E-state index contributed by atoms with van der Waals surface area (Å²) < 4.78 is 5.92. The number of aromatic nitrogens is 3. The lowest BCUT2D eigenvalue weighted by Gasteiger charge is -2.04. The van der Waals surface area contributed by atoms with E-state index in [0.29, 0.717) is 10.9 Å². The normalized spacial score (nSPS) is 11.5. The van der Waals surface area contributed by atoms with Gasteiger partial charge in [-0.3, -0.25) is 5.10 Å². The molecule has 2 N–H and O–H groups in total. The van der Waals surface area contributed by atoms with Gasteiger partial charge in [0.25, 0.3) is 0 Å². The number of methoxy groups -OCH3 is 1. The number of ether oxygens (including phenoxy) is 1. The first-order valence-electron chi connectivity index (χ1n) is 6.91. The molecule has 0 aliphatic carbocycles. The van der Waals surface area contributed by atoms with Gasteiger partial charge in [-0.25, -0.2) is 9.78 Å². The number of hydrogen-bond donors (Lipinski definition) is 2. The van der Waals surface area contributed by atoms with E-state index in [1.165, 1.54) is 0 Å². The molecule has 1 aromatic heterocycles. The van der Waals surface area contributed by atoms with Crippen LogP contribution in [0.25, 0.3) is 6.08 Å². The van der Waals surface area contributed by atoms with Gasteiger partial charge in [0.2, 0.25) is 5.16 Å². The molecule has 0 fully saturated rings. The van der Waals surface area contributed by atoms with Gasteiger partial charge in [0.1, 0.15) is 16.5 Å². The van der Waals surface area contributed by atoms with Crippen molar-refractivity contribution < 1.29 is 14.6 Å². The minimum absolute atomic E-state index is 0.143. The highest BCUT2D eigenvalue weighted by Gasteiger charge is 2.14. The van der Waals surface area contributed by atoms with Crippen LogP contribution in [0.1, 0.15) is 24.7 Å². The van der Waals surface area contributed by atoms with Crippen molar-refractivity contribution in [2.75, 3.05) is 7.11 Å². The summed E-state index contributed by atoms with van der Waals surface area (Å²) in [6, 6.07) is 5.35. The highest BCUT2D eigenvalue weighted by atomic mass is 79.9. The van der Waals surface area contributed by atoms with Gasteiger partial charge < -0.3 is 9.84 Å². The van der Waals surface area contributed by atoms with Crippen molar-refractivity contribution in [3.63, 3.8) is 0 Å². The third-order valence-corrected chi connectivity index (χ3v) is 4.38. The van der Waals surface area contributed by atoms with E-state index in [1.807, 2.05) is 6.92 Å². The Morgan fingerprint density at radius 1 is 1.52 bits per heavy atom. The van der Waals surface area contributed by atoms with Crippen LogP contribution in [0.4, 0.5) is 0 Å². The Bertz CT molecular complexity index is 731. The second kappa shape index (κ2) is 8.16. The number of H-pyrrole nitrogens is 1. The van der Waals surface area contributed by atoms with Crippen LogP contribution in [0.5, 0.6) is 5.75 Å². The number of rotatable bonds is 7. The van der Waals surface area contributed by atoms with Crippen molar-refractivity contribution in [3.05, 3.63) is 39.0 Å². The fourth-order valence-corrected chi connectivity index (χ4v) is 3.11. The maximum atomic E-state index is 11.5. The van der Waals surface area contributed by atoms with E-state index >= 15 is 0 Å². The van der Waals surface area contributed by atoms with Gasteiger partial charge in [0.15, 0.2) is 0 Å². The lowest BCUT2D eigenvalue weighted by atomic mass is 10.2. The van der Waals surface area contributed by atoms with Crippen LogP contribution in [0.2, 0.25) is 0 Å². The number of carboxylic acids is 1. The monoisotopic (exact) mass is 397 g/mol.